The zero-order valence-corrected chi connectivity index (χ0v) is 68.2. The number of nitrogens with zero attached hydrogens (tertiary/aromatic N) is 14. The topological polar surface area (TPSA) is 357 Å². The highest BCUT2D eigenvalue weighted by molar-refractivity contribution is 6.28. The number of fused-ring (bicyclic) bond motifs is 4. The fourth-order valence-electron chi connectivity index (χ4n) is 17.8. The number of aromatic nitrogens is 8. The summed E-state index contributed by atoms with van der Waals surface area (Å²) in [6.45, 7) is 9.49. The number of hydrogen-bond acceptors (Lipinski definition) is 23. The number of halogens is 2. The van der Waals surface area contributed by atoms with Crippen LogP contribution in [0, 0.1) is 23.5 Å². The summed E-state index contributed by atoms with van der Waals surface area (Å²) in [5.41, 5.74) is 9.26. The maximum atomic E-state index is 14.1. The minimum absolute atomic E-state index is 0.0496. The SMILES string of the molecule is Fc1cccc(C2CCCN2c2ccc3ncc(-c4cccc(N5CCNCC5)n4)n3n2)c1.O=C(O)CCCCCCNc1ccc2c(c1)C(=O)N(C1CCC(=O)NC1=O)C2=O.O=C1CCC(C2C(=O)c3ccc(NCCCCCCC(=O)N4CCN(c5cccc(-c6cnc7ccc(N8CCCC8c8cccc(F)c8)nn67)n5)CC4)cc3C2=O)C(=O)N1. The Hall–Kier alpha value is -13.3. The number of ketones is 2. The largest absolute Gasteiger partial charge is 0.481 e. The number of benzene rings is 4. The number of hydrogen-bond donors (Lipinski definition) is 6. The molecule has 0 radical (unpaired) electrons. The number of nitrogens with one attached hydrogen (secondary N) is 5. The van der Waals surface area contributed by atoms with E-state index < -0.39 is 53.4 Å². The normalized spacial score (nSPS) is 19.6. The van der Waals surface area contributed by atoms with E-state index in [0.29, 0.717) is 74.6 Å². The van der Waals surface area contributed by atoms with E-state index in [-0.39, 0.29) is 90.3 Å². The Morgan fingerprint density at radius 2 is 0.967 bits per heavy atom. The van der Waals surface area contributed by atoms with E-state index in [0.717, 1.165) is 183 Å². The molecule has 13 heterocycles. The average molecular weight is 1670 g/mol. The van der Waals surface area contributed by atoms with Crippen molar-refractivity contribution in [2.75, 3.05) is 109 Å². The van der Waals surface area contributed by atoms with E-state index in [1.807, 2.05) is 86.9 Å². The van der Waals surface area contributed by atoms with Gasteiger partial charge in [-0.1, -0.05) is 62.1 Å². The van der Waals surface area contributed by atoms with Crippen LogP contribution in [0.25, 0.3) is 34.1 Å². The van der Waals surface area contributed by atoms with E-state index in [1.165, 1.54) is 12.1 Å². The number of amides is 7. The van der Waals surface area contributed by atoms with Gasteiger partial charge >= 0.3 is 5.97 Å². The van der Waals surface area contributed by atoms with Crippen molar-refractivity contribution < 1.29 is 61.8 Å². The number of anilines is 6. The van der Waals surface area contributed by atoms with E-state index in [1.54, 1.807) is 66.9 Å². The number of carbonyl (C=O) groups is 10. The maximum absolute atomic E-state index is 14.1. The number of carboxylic acids is 1. The maximum Gasteiger partial charge on any atom is 0.303 e. The molecule has 0 bridgehead atoms. The van der Waals surface area contributed by atoms with Gasteiger partial charge in [-0.25, -0.2) is 37.7 Å². The van der Waals surface area contributed by atoms with Gasteiger partial charge in [0.1, 0.15) is 52.3 Å². The van der Waals surface area contributed by atoms with E-state index in [9.17, 15) is 56.7 Å². The second-order valence-electron chi connectivity index (χ2n) is 32.2. The first-order chi connectivity index (χ1) is 59.9. The Bertz CT molecular complexity index is 5690. The van der Waals surface area contributed by atoms with Gasteiger partial charge in [0.2, 0.25) is 29.5 Å². The standard InChI is InChI=1S/C46H48FN9O5.C25H26FN7.C20H23N3O6/c47-30-9-5-8-29(26-30)36-11-7-21-55(36)40-18-17-38-49-28-37(56(38)52-40)35-10-6-12-39(50-35)53-22-24-54(25-23-53)42(58)13-3-1-2-4-20-48-31-14-15-32-34(27-31)45(60)43(44(32)59)33-16-19-41(57)51-46(33)61;26-19-5-1-4-18(16-19)21-7-3-13-32(21)25-10-9-23-28-17-22(33(23)30-25)20-6-2-8-24(29-20)31-14-11-27-12-15-31;24-16-9-8-15(18(27)22-16)23-19(28)13-7-6-12(11-14(13)20(23)29)21-10-4-2-1-3-5-17(25)26/h5-6,8-10,12,14-15,17-18,26-28,33,36,43,48H,1-4,7,11,13,16,19-25H2,(H,51,57,61);1-2,4-6,8-10,16-17,21,27H,3,7,11-15H2;6-7,11,15,21H,1-5,8-10H2,(H,25,26)(H,22,24,27). The number of imidazole rings is 2. The van der Waals surface area contributed by atoms with Gasteiger partial charge in [0.25, 0.3) is 11.8 Å². The predicted octanol–water partition coefficient (Wildman–Crippen LogP) is 11.2. The van der Waals surface area contributed by atoms with Crippen LogP contribution < -0.4 is 46.2 Å². The number of imide groups is 3. The first kappa shape index (κ1) is 83.4. The lowest BCUT2D eigenvalue weighted by molar-refractivity contribution is -0.138. The molecule has 18 rings (SSSR count). The monoisotopic (exact) mass is 1670 g/mol. The molecule has 6 N–H and O–H groups in total. The summed E-state index contributed by atoms with van der Waals surface area (Å²) in [6.07, 6.45) is 15.6. The highest BCUT2D eigenvalue weighted by atomic mass is 19.1. The molecule has 123 heavy (non-hydrogen) atoms. The summed E-state index contributed by atoms with van der Waals surface area (Å²) in [4.78, 5) is 154. The van der Waals surface area contributed by atoms with Gasteiger partial charge < -0.3 is 45.6 Å². The molecule has 6 saturated heterocycles. The van der Waals surface area contributed by atoms with Gasteiger partial charge in [0.05, 0.1) is 58.8 Å². The van der Waals surface area contributed by atoms with Crippen molar-refractivity contribution in [1.82, 2.24) is 64.9 Å². The van der Waals surface area contributed by atoms with Crippen molar-refractivity contribution in [3.63, 3.8) is 0 Å². The number of pyridine rings is 2. The molecule has 5 atom stereocenters. The second kappa shape index (κ2) is 37.8. The molecular weight excluding hydrogens is 1570 g/mol. The lowest BCUT2D eigenvalue weighted by Crippen LogP contribution is -2.54. The molecule has 636 valence electrons. The molecule has 10 aromatic rings. The number of aliphatic carboxylic acids is 1. The summed E-state index contributed by atoms with van der Waals surface area (Å²) in [6, 6.07) is 42.9. The number of rotatable bonds is 26. The van der Waals surface area contributed by atoms with Crippen LogP contribution in [0.15, 0.2) is 158 Å². The Kier molecular flexibility index (Phi) is 25.6. The third kappa shape index (κ3) is 18.8. The molecule has 7 amide bonds. The smallest absolute Gasteiger partial charge is 0.303 e. The van der Waals surface area contributed by atoms with Crippen LogP contribution in [0.2, 0.25) is 0 Å². The molecule has 0 spiro atoms. The molecule has 6 fully saturated rings. The van der Waals surface area contributed by atoms with Crippen molar-refractivity contribution in [3.8, 4) is 22.8 Å². The summed E-state index contributed by atoms with van der Waals surface area (Å²) in [5.74, 6) is -3.21. The van der Waals surface area contributed by atoms with Crippen LogP contribution in [0.4, 0.5) is 43.4 Å². The molecule has 32 heteroatoms. The minimum Gasteiger partial charge on any atom is -0.481 e. The van der Waals surface area contributed by atoms with Crippen molar-refractivity contribution in [1.29, 1.82) is 0 Å². The highest BCUT2D eigenvalue weighted by Crippen LogP contribution is 2.41. The summed E-state index contributed by atoms with van der Waals surface area (Å²) < 4.78 is 31.7. The molecule has 0 saturated carbocycles. The first-order valence-corrected chi connectivity index (χ1v) is 42.6. The van der Waals surface area contributed by atoms with Crippen LogP contribution in [0.3, 0.4) is 0 Å². The summed E-state index contributed by atoms with van der Waals surface area (Å²) >= 11 is 0. The lowest BCUT2D eigenvalue weighted by atomic mass is 9.82. The second-order valence-corrected chi connectivity index (χ2v) is 32.2. The Morgan fingerprint density at radius 1 is 0.463 bits per heavy atom. The summed E-state index contributed by atoms with van der Waals surface area (Å²) in [7, 11) is 0. The molecule has 8 aliphatic rings. The van der Waals surface area contributed by atoms with E-state index in [2.05, 4.69) is 62.2 Å². The van der Waals surface area contributed by atoms with E-state index in [4.69, 9.17) is 25.3 Å². The van der Waals surface area contributed by atoms with Crippen molar-refractivity contribution in [2.45, 2.75) is 134 Å². The Morgan fingerprint density at radius 3 is 1.52 bits per heavy atom. The average Bonchev–Trinajstić information content (AvgIpc) is 1.61. The molecule has 4 aromatic carbocycles. The molecular formula is C91H97F2N19O11. The fourth-order valence-corrected chi connectivity index (χ4v) is 17.8. The molecule has 6 aromatic heterocycles. The van der Waals surface area contributed by atoms with Crippen molar-refractivity contribution >= 4 is 105 Å². The van der Waals surface area contributed by atoms with Gasteiger partial charge in [-0.15, -0.1) is 10.2 Å². The van der Waals surface area contributed by atoms with Gasteiger partial charge in [0, 0.05) is 127 Å². The number of carboxylic acid groups (broad SMARTS) is 1. The van der Waals surface area contributed by atoms with E-state index >= 15 is 0 Å². The van der Waals surface area contributed by atoms with Gasteiger partial charge in [0.15, 0.2) is 22.9 Å². The van der Waals surface area contributed by atoms with Crippen LogP contribution in [-0.2, 0) is 28.8 Å². The van der Waals surface area contributed by atoms with Crippen LogP contribution in [0.5, 0.6) is 0 Å². The number of carbonyl (C=O) groups excluding carboxylic acids is 9. The first-order valence-electron chi connectivity index (χ1n) is 42.6. The molecule has 1 aliphatic carbocycles. The fraction of sp³-hybridized carbons (Fsp3) is 0.385. The number of piperazine rings is 2. The number of Topliss-reactive ketones (excluding diaryl/α,β-unsaturated/α-hetero) is 2. The quantitative estimate of drug-likeness (QED) is 0.0167. The highest BCUT2D eigenvalue weighted by Gasteiger charge is 2.48. The molecule has 30 nitrogen and oxygen atoms in total. The zero-order valence-electron chi connectivity index (χ0n) is 68.2. The van der Waals surface area contributed by atoms with Gasteiger partial charge in [-0.2, -0.15) is 0 Å². The van der Waals surface area contributed by atoms with Crippen LogP contribution in [0.1, 0.15) is 180 Å². The summed E-state index contributed by atoms with van der Waals surface area (Å²) in [5, 5.41) is 32.9. The number of unbranched alkanes of at least 4 members (excludes halogenated alkanes) is 6. The van der Waals surface area contributed by atoms with Gasteiger partial charge in [-0.05, 0) is 185 Å². The van der Waals surface area contributed by atoms with Gasteiger partial charge in [-0.3, -0.25) is 63.5 Å². The molecule has 5 unspecified atom stereocenters. The molecule has 7 aliphatic heterocycles. The predicted molar refractivity (Wildman–Crippen MR) is 456 cm³/mol. The third-order valence-electron chi connectivity index (χ3n) is 24.2. The van der Waals surface area contributed by atoms with Crippen LogP contribution >= 0.6 is 0 Å². The minimum atomic E-state index is -1.08. The van der Waals surface area contributed by atoms with Crippen molar-refractivity contribution in [3.05, 3.63) is 203 Å². The third-order valence-corrected chi connectivity index (χ3v) is 24.2. The zero-order chi connectivity index (χ0) is 85.2. The lowest BCUT2D eigenvalue weighted by Gasteiger charge is -2.35. The Balaban J connectivity index is 0.000000151. The number of piperidine rings is 2. The Labute approximate surface area is 708 Å². The van der Waals surface area contributed by atoms with Crippen molar-refractivity contribution in [2.24, 2.45) is 11.8 Å². The van der Waals surface area contributed by atoms with Crippen LogP contribution in [-0.4, -0.2) is 198 Å².